The predicted octanol–water partition coefficient (Wildman–Crippen LogP) is 5.38. The number of para-hydroxylation sites is 1. The Labute approximate surface area is 182 Å². The first-order valence-electron chi connectivity index (χ1n) is 10.9. The van der Waals surface area contributed by atoms with Crippen LogP contribution in [-0.2, 0) is 11.3 Å². The Bertz CT molecular complexity index is 1060. The fourth-order valence-corrected chi connectivity index (χ4v) is 5.43. The van der Waals surface area contributed by atoms with E-state index < -0.39 is 0 Å². The second kappa shape index (κ2) is 7.66. The maximum Gasteiger partial charge on any atom is 0.241 e. The SMILES string of the molecule is Cc1c(-c2noc(CN3CCCC3(C)C)n2)c2cccc(Cl)c2n1C1CCOCC1. The quantitative estimate of drug-likeness (QED) is 0.558. The lowest BCUT2D eigenvalue weighted by atomic mass is 10.0. The minimum Gasteiger partial charge on any atom is -0.381 e. The van der Waals surface area contributed by atoms with Gasteiger partial charge in [0, 0.05) is 35.9 Å². The van der Waals surface area contributed by atoms with Gasteiger partial charge in [0.1, 0.15) is 0 Å². The molecule has 0 aliphatic carbocycles. The van der Waals surface area contributed by atoms with Crippen LogP contribution in [0.3, 0.4) is 0 Å². The molecule has 0 amide bonds. The van der Waals surface area contributed by atoms with Gasteiger partial charge < -0.3 is 13.8 Å². The van der Waals surface area contributed by atoms with Gasteiger partial charge in [-0.3, -0.25) is 4.90 Å². The summed E-state index contributed by atoms with van der Waals surface area (Å²) < 4.78 is 13.7. The van der Waals surface area contributed by atoms with E-state index >= 15 is 0 Å². The summed E-state index contributed by atoms with van der Waals surface area (Å²) >= 11 is 6.68. The normalized spacial score (nSPS) is 20.4. The lowest BCUT2D eigenvalue weighted by Crippen LogP contribution is -2.37. The Morgan fingerprint density at radius 1 is 1.23 bits per heavy atom. The number of aromatic nitrogens is 3. The van der Waals surface area contributed by atoms with Crippen molar-refractivity contribution in [1.29, 1.82) is 0 Å². The van der Waals surface area contributed by atoms with Gasteiger partial charge in [0.2, 0.25) is 11.7 Å². The molecule has 5 rings (SSSR count). The lowest BCUT2D eigenvalue weighted by molar-refractivity contribution is 0.0703. The van der Waals surface area contributed by atoms with E-state index in [2.05, 4.69) is 41.5 Å². The molecule has 2 aromatic heterocycles. The van der Waals surface area contributed by atoms with Crippen LogP contribution in [-0.4, -0.2) is 44.9 Å². The monoisotopic (exact) mass is 428 g/mol. The summed E-state index contributed by atoms with van der Waals surface area (Å²) in [5.74, 6) is 1.32. The van der Waals surface area contributed by atoms with Crippen molar-refractivity contribution in [2.75, 3.05) is 19.8 Å². The highest BCUT2D eigenvalue weighted by Crippen LogP contribution is 2.40. The molecule has 0 atom stereocenters. The summed E-state index contributed by atoms with van der Waals surface area (Å²) in [7, 11) is 0. The zero-order chi connectivity index (χ0) is 20.9. The van der Waals surface area contributed by atoms with Crippen LogP contribution in [0.15, 0.2) is 22.7 Å². The molecule has 2 saturated heterocycles. The van der Waals surface area contributed by atoms with E-state index in [1.165, 1.54) is 12.8 Å². The Hall–Kier alpha value is -1.89. The zero-order valence-electron chi connectivity index (χ0n) is 17.9. The van der Waals surface area contributed by atoms with Gasteiger partial charge in [0.15, 0.2) is 0 Å². The summed E-state index contributed by atoms with van der Waals surface area (Å²) in [5.41, 5.74) is 3.40. The number of hydrogen-bond acceptors (Lipinski definition) is 5. The Morgan fingerprint density at radius 2 is 2.03 bits per heavy atom. The van der Waals surface area contributed by atoms with Crippen molar-refractivity contribution in [2.45, 2.75) is 64.6 Å². The van der Waals surface area contributed by atoms with E-state index in [1.54, 1.807) is 0 Å². The average molecular weight is 429 g/mol. The largest absolute Gasteiger partial charge is 0.381 e. The first-order valence-corrected chi connectivity index (χ1v) is 11.3. The van der Waals surface area contributed by atoms with Crippen LogP contribution in [0.4, 0.5) is 0 Å². The Balaban J connectivity index is 1.56. The zero-order valence-corrected chi connectivity index (χ0v) is 18.7. The smallest absolute Gasteiger partial charge is 0.241 e. The minimum absolute atomic E-state index is 0.178. The summed E-state index contributed by atoms with van der Waals surface area (Å²) in [4.78, 5) is 7.24. The summed E-state index contributed by atoms with van der Waals surface area (Å²) in [6.45, 7) is 10.0. The fourth-order valence-electron chi connectivity index (χ4n) is 5.17. The molecule has 6 nitrogen and oxygen atoms in total. The molecule has 0 bridgehead atoms. The predicted molar refractivity (Wildman–Crippen MR) is 118 cm³/mol. The third-order valence-electron chi connectivity index (χ3n) is 6.87. The second-order valence-electron chi connectivity index (χ2n) is 9.16. The maximum atomic E-state index is 6.68. The molecule has 0 spiro atoms. The molecule has 30 heavy (non-hydrogen) atoms. The maximum absolute atomic E-state index is 6.68. The number of nitrogens with zero attached hydrogens (tertiary/aromatic N) is 4. The van der Waals surface area contributed by atoms with Gasteiger partial charge in [-0.1, -0.05) is 28.9 Å². The number of rotatable bonds is 4. The molecule has 3 aromatic rings. The van der Waals surface area contributed by atoms with E-state index in [0.29, 0.717) is 24.3 Å². The summed E-state index contributed by atoms with van der Waals surface area (Å²) in [5, 5.41) is 6.23. The van der Waals surface area contributed by atoms with Gasteiger partial charge in [-0.25, -0.2) is 0 Å². The molecule has 0 saturated carbocycles. The molecule has 2 aliphatic rings. The molecule has 160 valence electrons. The third kappa shape index (κ3) is 3.35. The van der Waals surface area contributed by atoms with Gasteiger partial charge in [-0.15, -0.1) is 0 Å². The Morgan fingerprint density at radius 3 is 2.77 bits per heavy atom. The lowest BCUT2D eigenvalue weighted by Gasteiger charge is -2.29. The minimum atomic E-state index is 0.178. The van der Waals surface area contributed by atoms with E-state index in [-0.39, 0.29) is 5.54 Å². The first-order chi connectivity index (χ1) is 14.5. The van der Waals surface area contributed by atoms with Crippen LogP contribution in [0.2, 0.25) is 5.02 Å². The first kappa shape index (κ1) is 20.0. The number of benzene rings is 1. The number of likely N-dealkylation sites (tertiary alicyclic amines) is 1. The molecule has 0 radical (unpaired) electrons. The summed E-state index contributed by atoms with van der Waals surface area (Å²) in [6, 6.07) is 6.43. The van der Waals surface area contributed by atoms with E-state index in [9.17, 15) is 0 Å². The van der Waals surface area contributed by atoms with Gasteiger partial charge >= 0.3 is 0 Å². The summed E-state index contributed by atoms with van der Waals surface area (Å²) in [6.07, 6.45) is 4.38. The van der Waals surface area contributed by atoms with E-state index in [1.807, 2.05) is 12.1 Å². The molecule has 2 aliphatic heterocycles. The van der Waals surface area contributed by atoms with Crippen LogP contribution in [0.25, 0.3) is 22.3 Å². The highest BCUT2D eigenvalue weighted by atomic mass is 35.5. The standard InChI is InChI=1S/C23H29ClN4O2/c1-15-20(22-25-19(30-26-22)14-27-11-5-10-23(27,2)3)17-6-4-7-18(24)21(17)28(15)16-8-12-29-13-9-16/h4,6-7,16H,5,8-14H2,1-3H3. The van der Waals surface area contributed by atoms with Gasteiger partial charge in [0.25, 0.3) is 0 Å². The van der Waals surface area contributed by atoms with Crippen LogP contribution >= 0.6 is 11.6 Å². The van der Waals surface area contributed by atoms with Gasteiger partial charge in [-0.05, 0) is 59.1 Å². The topological polar surface area (TPSA) is 56.3 Å². The van der Waals surface area contributed by atoms with Crippen molar-refractivity contribution in [3.63, 3.8) is 0 Å². The molecule has 7 heteroatoms. The highest BCUT2D eigenvalue weighted by molar-refractivity contribution is 6.35. The van der Waals surface area contributed by atoms with Crippen LogP contribution in [0.5, 0.6) is 0 Å². The van der Waals surface area contributed by atoms with Crippen molar-refractivity contribution < 1.29 is 9.26 Å². The average Bonchev–Trinajstić information content (AvgIpc) is 3.39. The highest BCUT2D eigenvalue weighted by Gasteiger charge is 2.33. The number of fused-ring (bicyclic) bond motifs is 1. The van der Waals surface area contributed by atoms with Crippen molar-refractivity contribution in [3.8, 4) is 11.4 Å². The van der Waals surface area contributed by atoms with Gasteiger partial charge in [0.05, 0.1) is 22.6 Å². The molecule has 2 fully saturated rings. The number of hydrogen-bond donors (Lipinski definition) is 0. The van der Waals surface area contributed by atoms with Crippen molar-refractivity contribution in [3.05, 3.63) is 34.8 Å². The number of ether oxygens (including phenoxy) is 1. The van der Waals surface area contributed by atoms with Crippen LogP contribution < -0.4 is 0 Å². The molecule has 0 N–H and O–H groups in total. The third-order valence-corrected chi connectivity index (χ3v) is 7.17. The van der Waals surface area contributed by atoms with Crippen molar-refractivity contribution >= 4 is 22.5 Å². The molecule has 4 heterocycles. The number of halogens is 1. The molecule has 0 unspecified atom stereocenters. The van der Waals surface area contributed by atoms with Crippen molar-refractivity contribution in [2.24, 2.45) is 0 Å². The molecule has 1 aromatic carbocycles. The van der Waals surface area contributed by atoms with E-state index in [0.717, 1.165) is 59.8 Å². The second-order valence-corrected chi connectivity index (χ2v) is 9.57. The van der Waals surface area contributed by atoms with E-state index in [4.69, 9.17) is 25.8 Å². The van der Waals surface area contributed by atoms with Gasteiger partial charge in [-0.2, -0.15) is 4.98 Å². The fraction of sp³-hybridized carbons (Fsp3) is 0.565. The Kier molecular flexibility index (Phi) is 5.12. The molecular weight excluding hydrogens is 400 g/mol. The van der Waals surface area contributed by atoms with Crippen molar-refractivity contribution in [1.82, 2.24) is 19.6 Å². The van der Waals surface area contributed by atoms with Crippen LogP contribution in [0.1, 0.15) is 57.2 Å². The van der Waals surface area contributed by atoms with Crippen LogP contribution in [0, 0.1) is 6.92 Å². The molecular formula is C23H29ClN4O2.